The highest BCUT2D eigenvalue weighted by Gasteiger charge is 2.11. The average molecular weight is 323 g/mol. The van der Waals surface area contributed by atoms with Gasteiger partial charge in [0.05, 0.1) is 18.5 Å². The Morgan fingerprint density at radius 3 is 2.42 bits per heavy atom. The van der Waals surface area contributed by atoms with E-state index in [-0.39, 0.29) is 17.8 Å². The van der Waals surface area contributed by atoms with E-state index < -0.39 is 5.97 Å². The Bertz CT molecular complexity index is 945. The van der Waals surface area contributed by atoms with Crippen LogP contribution in [0, 0.1) is 0 Å². The van der Waals surface area contributed by atoms with Crippen molar-refractivity contribution >= 4 is 16.7 Å². The third kappa shape index (κ3) is 2.99. The van der Waals surface area contributed by atoms with Crippen LogP contribution in [0.4, 0.5) is 0 Å². The van der Waals surface area contributed by atoms with Gasteiger partial charge in [0.15, 0.2) is 0 Å². The number of carbonyl (C=O) groups excluding carboxylic acids is 1. The molecule has 0 N–H and O–H groups in total. The van der Waals surface area contributed by atoms with Crippen molar-refractivity contribution in [2.24, 2.45) is 0 Å². The fourth-order valence-electron chi connectivity index (χ4n) is 2.56. The molecule has 6 nitrogen and oxygen atoms in total. The van der Waals surface area contributed by atoms with Crippen LogP contribution in [0.25, 0.3) is 10.8 Å². The molecule has 0 saturated heterocycles. The number of aromatic carboxylic acids is 1. The topological polar surface area (TPSA) is 84.2 Å². The lowest BCUT2D eigenvalue weighted by atomic mass is 10.1. The first kappa shape index (κ1) is 15.7. The number of aryl methyl sites for hydroxylation is 2. The third-order valence-electron chi connectivity index (χ3n) is 3.83. The Kier molecular flexibility index (Phi) is 4.29. The number of hydrogen-bond acceptors (Lipinski definition) is 5. The molecule has 0 aliphatic carbocycles. The van der Waals surface area contributed by atoms with E-state index in [1.165, 1.54) is 4.68 Å². The lowest BCUT2D eigenvalue weighted by Crippen LogP contribution is -2.31. The van der Waals surface area contributed by atoms with Gasteiger partial charge in [-0.05, 0) is 30.2 Å². The fourth-order valence-corrected chi connectivity index (χ4v) is 2.56. The van der Waals surface area contributed by atoms with E-state index in [2.05, 4.69) is 5.10 Å². The summed E-state index contributed by atoms with van der Waals surface area (Å²) in [4.78, 5) is 23.8. The van der Waals surface area contributed by atoms with Crippen molar-refractivity contribution in [2.45, 2.75) is 13.0 Å². The molecule has 0 aliphatic rings. The summed E-state index contributed by atoms with van der Waals surface area (Å²) in [6.45, 7) is 0.274. The van der Waals surface area contributed by atoms with Crippen molar-refractivity contribution in [3.63, 3.8) is 0 Å². The molecule has 3 aromatic rings. The van der Waals surface area contributed by atoms with Gasteiger partial charge in [0.25, 0.3) is 5.56 Å². The number of carbonyl (C=O) groups is 1. The molecule has 0 amide bonds. The van der Waals surface area contributed by atoms with Gasteiger partial charge in [-0.25, -0.2) is 4.68 Å². The molecule has 0 unspecified atom stereocenters. The molecule has 6 heteroatoms. The Morgan fingerprint density at radius 2 is 1.79 bits per heavy atom. The SMILES string of the molecule is COc1ccc(CCn2nc(C(=O)[O-])c3ccccc3c2=O)cc1. The van der Waals surface area contributed by atoms with Gasteiger partial charge in [0, 0.05) is 11.9 Å². The largest absolute Gasteiger partial charge is 0.543 e. The van der Waals surface area contributed by atoms with Crippen molar-refractivity contribution in [1.29, 1.82) is 0 Å². The van der Waals surface area contributed by atoms with Crippen molar-refractivity contribution in [1.82, 2.24) is 9.78 Å². The van der Waals surface area contributed by atoms with E-state index in [0.29, 0.717) is 17.2 Å². The van der Waals surface area contributed by atoms with Crippen LogP contribution in [0.5, 0.6) is 5.75 Å². The van der Waals surface area contributed by atoms with Gasteiger partial charge in [0.1, 0.15) is 11.4 Å². The first-order chi connectivity index (χ1) is 11.6. The van der Waals surface area contributed by atoms with Gasteiger partial charge >= 0.3 is 0 Å². The first-order valence-electron chi connectivity index (χ1n) is 7.44. The lowest BCUT2D eigenvalue weighted by molar-refractivity contribution is -0.255. The van der Waals surface area contributed by atoms with Gasteiger partial charge in [-0.3, -0.25) is 4.79 Å². The summed E-state index contributed by atoms with van der Waals surface area (Å²) in [6.07, 6.45) is 0.543. The number of rotatable bonds is 5. The summed E-state index contributed by atoms with van der Waals surface area (Å²) in [5.41, 5.74) is 0.455. The van der Waals surface area contributed by atoms with E-state index in [1.807, 2.05) is 24.3 Å². The zero-order valence-corrected chi connectivity index (χ0v) is 13.1. The molecule has 122 valence electrons. The van der Waals surface area contributed by atoms with Crippen LogP contribution in [0.3, 0.4) is 0 Å². The van der Waals surface area contributed by atoms with Gasteiger partial charge in [0.2, 0.25) is 0 Å². The van der Waals surface area contributed by atoms with Crippen LogP contribution >= 0.6 is 0 Å². The van der Waals surface area contributed by atoms with Crippen LogP contribution in [0.15, 0.2) is 53.3 Å². The van der Waals surface area contributed by atoms with Crippen molar-refractivity contribution < 1.29 is 14.6 Å². The molecule has 2 aromatic carbocycles. The smallest absolute Gasteiger partial charge is 0.274 e. The maximum atomic E-state index is 12.5. The van der Waals surface area contributed by atoms with Crippen molar-refractivity contribution in [2.75, 3.05) is 7.11 Å². The number of carboxylic acid groups (broad SMARTS) is 1. The third-order valence-corrected chi connectivity index (χ3v) is 3.83. The minimum Gasteiger partial charge on any atom is -0.543 e. The summed E-state index contributed by atoms with van der Waals surface area (Å²) < 4.78 is 6.28. The molecule has 0 fully saturated rings. The molecular formula is C18H15N2O4-. The molecule has 0 aliphatic heterocycles. The molecule has 0 bridgehead atoms. The minimum atomic E-state index is -1.40. The van der Waals surface area contributed by atoms with Gasteiger partial charge in [-0.15, -0.1) is 0 Å². The van der Waals surface area contributed by atoms with E-state index in [4.69, 9.17) is 4.74 Å². The molecule has 1 heterocycles. The van der Waals surface area contributed by atoms with Crippen LogP contribution in [-0.2, 0) is 13.0 Å². The number of aromatic nitrogens is 2. The lowest BCUT2D eigenvalue weighted by Gasteiger charge is -2.11. The molecule has 0 atom stereocenters. The Morgan fingerprint density at radius 1 is 1.12 bits per heavy atom. The van der Waals surface area contributed by atoms with Crippen LogP contribution in [0.2, 0.25) is 0 Å². The number of benzene rings is 2. The maximum Gasteiger partial charge on any atom is 0.274 e. The number of fused-ring (bicyclic) bond motifs is 1. The molecule has 0 saturated carbocycles. The minimum absolute atomic E-state index is 0.222. The highest BCUT2D eigenvalue weighted by atomic mass is 16.5. The Hall–Kier alpha value is -3.15. The summed E-state index contributed by atoms with van der Waals surface area (Å²) in [5, 5.41) is 15.9. The van der Waals surface area contributed by atoms with Gasteiger partial charge in [-0.2, -0.15) is 5.10 Å². The predicted molar refractivity (Wildman–Crippen MR) is 87.0 cm³/mol. The molecule has 3 rings (SSSR count). The van der Waals surface area contributed by atoms with Crippen LogP contribution in [0.1, 0.15) is 16.1 Å². The molecular weight excluding hydrogens is 308 g/mol. The average Bonchev–Trinajstić information content (AvgIpc) is 2.61. The van der Waals surface area contributed by atoms with Gasteiger partial charge < -0.3 is 14.6 Å². The number of hydrogen-bond donors (Lipinski definition) is 0. The molecule has 1 aromatic heterocycles. The normalized spacial score (nSPS) is 10.7. The summed E-state index contributed by atoms with van der Waals surface area (Å²) in [5.74, 6) is -0.650. The molecule has 0 spiro atoms. The van der Waals surface area contributed by atoms with E-state index in [9.17, 15) is 14.7 Å². The zero-order valence-electron chi connectivity index (χ0n) is 13.1. The number of nitrogens with zero attached hydrogens (tertiary/aromatic N) is 2. The van der Waals surface area contributed by atoms with E-state index in [1.54, 1.807) is 31.4 Å². The second-order valence-electron chi connectivity index (χ2n) is 5.31. The van der Waals surface area contributed by atoms with Gasteiger partial charge in [-0.1, -0.05) is 30.3 Å². The quantitative estimate of drug-likeness (QED) is 0.700. The standard InChI is InChI=1S/C18H16N2O4/c1-24-13-8-6-12(7-9-13)10-11-20-17(21)15-5-3-2-4-14(15)16(19-20)18(22)23/h2-9H,10-11H2,1H3,(H,22,23)/p-1. The Labute approximate surface area is 137 Å². The summed E-state index contributed by atoms with van der Waals surface area (Å²) >= 11 is 0. The zero-order chi connectivity index (χ0) is 17.1. The highest BCUT2D eigenvalue weighted by molar-refractivity contribution is 6.00. The molecule has 24 heavy (non-hydrogen) atoms. The predicted octanol–water partition coefficient (Wildman–Crippen LogP) is 1.01. The number of methoxy groups -OCH3 is 1. The second kappa shape index (κ2) is 6.54. The number of carboxylic acids is 1. The fraction of sp³-hybridized carbons (Fsp3) is 0.167. The van der Waals surface area contributed by atoms with Crippen molar-refractivity contribution in [3.8, 4) is 5.75 Å². The van der Waals surface area contributed by atoms with Crippen LogP contribution < -0.4 is 15.4 Å². The van der Waals surface area contributed by atoms with E-state index >= 15 is 0 Å². The summed E-state index contributed by atoms with van der Waals surface area (Å²) in [7, 11) is 1.59. The van der Waals surface area contributed by atoms with Crippen LogP contribution in [-0.4, -0.2) is 22.9 Å². The Balaban J connectivity index is 1.95. The highest BCUT2D eigenvalue weighted by Crippen LogP contribution is 2.14. The first-order valence-corrected chi connectivity index (χ1v) is 7.44. The van der Waals surface area contributed by atoms with E-state index in [0.717, 1.165) is 11.3 Å². The maximum absolute atomic E-state index is 12.5. The second-order valence-corrected chi connectivity index (χ2v) is 5.31. The monoisotopic (exact) mass is 323 g/mol. The molecule has 0 radical (unpaired) electrons. The van der Waals surface area contributed by atoms with Crippen molar-refractivity contribution in [3.05, 3.63) is 70.1 Å². The number of ether oxygens (including phenoxy) is 1. The summed E-state index contributed by atoms with van der Waals surface area (Å²) in [6, 6.07) is 14.0.